The van der Waals surface area contributed by atoms with Gasteiger partial charge in [-0.2, -0.15) is 0 Å². The van der Waals surface area contributed by atoms with E-state index in [9.17, 15) is 0 Å². The molecule has 0 aromatic carbocycles. The Kier molecular flexibility index (Phi) is 4.52. The summed E-state index contributed by atoms with van der Waals surface area (Å²) in [6.45, 7) is 5.40. The van der Waals surface area contributed by atoms with E-state index in [0.717, 1.165) is 37.1 Å². The molecule has 1 aliphatic heterocycles. The Bertz CT molecular complexity index is 680. The van der Waals surface area contributed by atoms with Gasteiger partial charge >= 0.3 is 0 Å². The zero-order valence-electron chi connectivity index (χ0n) is 13.4. The number of rotatable bonds is 4. The van der Waals surface area contributed by atoms with E-state index in [2.05, 4.69) is 53.9 Å². The van der Waals surface area contributed by atoms with Crippen LogP contribution in [0.3, 0.4) is 0 Å². The quantitative estimate of drug-likeness (QED) is 0.815. The molecule has 3 heteroatoms. The van der Waals surface area contributed by atoms with Crippen LogP contribution in [0.4, 0.5) is 0 Å². The maximum absolute atomic E-state index is 4.76. The minimum absolute atomic E-state index is 0.518. The summed E-state index contributed by atoms with van der Waals surface area (Å²) in [5, 5.41) is 0. The Balaban J connectivity index is 1.97. The summed E-state index contributed by atoms with van der Waals surface area (Å²) >= 11 is 0. The van der Waals surface area contributed by atoms with Crippen molar-refractivity contribution in [2.45, 2.75) is 39.2 Å². The van der Waals surface area contributed by atoms with Crippen LogP contribution in [-0.2, 0) is 0 Å². The van der Waals surface area contributed by atoms with Crippen LogP contribution in [0.15, 0.2) is 53.4 Å². The van der Waals surface area contributed by atoms with E-state index < -0.39 is 0 Å². The summed E-state index contributed by atoms with van der Waals surface area (Å²) < 4.78 is 2.35. The minimum Gasteiger partial charge on any atom is -0.345 e. The van der Waals surface area contributed by atoms with Gasteiger partial charge in [-0.3, -0.25) is 9.98 Å². The van der Waals surface area contributed by atoms with Crippen LogP contribution in [0.5, 0.6) is 0 Å². The van der Waals surface area contributed by atoms with Gasteiger partial charge in [0.25, 0.3) is 0 Å². The average molecular weight is 293 g/mol. The van der Waals surface area contributed by atoms with Crippen molar-refractivity contribution in [2.24, 2.45) is 4.99 Å². The highest BCUT2D eigenvalue weighted by Crippen LogP contribution is 2.24. The van der Waals surface area contributed by atoms with Crippen LogP contribution in [0.25, 0.3) is 6.08 Å². The predicted octanol–water partition coefficient (Wildman–Crippen LogP) is 4.52. The third kappa shape index (κ3) is 3.03. The highest BCUT2D eigenvalue weighted by Gasteiger charge is 2.15. The number of aliphatic imine (C=N–C) groups is 1. The van der Waals surface area contributed by atoms with Crippen molar-refractivity contribution >= 4 is 11.8 Å². The molecule has 0 saturated heterocycles. The number of nitrogens with zero attached hydrogens (tertiary/aromatic N) is 3. The maximum atomic E-state index is 4.76. The SMILES string of the molecule is CCC(C)n1cccc1/C=C1\CCCN=C1c1cccnc1. The summed E-state index contributed by atoms with van der Waals surface area (Å²) in [6.07, 6.45) is 11.5. The van der Waals surface area contributed by atoms with Gasteiger partial charge in [0.2, 0.25) is 0 Å². The molecule has 0 saturated carbocycles. The first-order chi connectivity index (χ1) is 10.8. The minimum atomic E-state index is 0.518. The van der Waals surface area contributed by atoms with Gasteiger partial charge in [0.05, 0.1) is 5.71 Å². The topological polar surface area (TPSA) is 30.2 Å². The molecular weight excluding hydrogens is 270 g/mol. The van der Waals surface area contributed by atoms with Crippen LogP contribution in [0, 0.1) is 0 Å². The molecule has 114 valence electrons. The molecule has 3 rings (SSSR count). The fourth-order valence-electron chi connectivity index (χ4n) is 2.91. The molecule has 3 heterocycles. The Labute approximate surface area is 132 Å². The smallest absolute Gasteiger partial charge is 0.0694 e. The van der Waals surface area contributed by atoms with Gasteiger partial charge in [0.1, 0.15) is 0 Å². The Morgan fingerprint density at radius 2 is 2.23 bits per heavy atom. The zero-order valence-corrected chi connectivity index (χ0v) is 13.4. The molecule has 2 aromatic rings. The average Bonchev–Trinajstić information content (AvgIpc) is 3.03. The second-order valence-corrected chi connectivity index (χ2v) is 5.84. The molecular formula is C19H23N3. The summed E-state index contributed by atoms with van der Waals surface area (Å²) in [4.78, 5) is 8.99. The van der Waals surface area contributed by atoms with E-state index in [1.54, 1.807) is 0 Å². The number of hydrogen-bond acceptors (Lipinski definition) is 2. The van der Waals surface area contributed by atoms with Crippen molar-refractivity contribution in [2.75, 3.05) is 6.54 Å². The molecule has 3 nitrogen and oxygen atoms in total. The first-order valence-corrected chi connectivity index (χ1v) is 8.12. The Morgan fingerprint density at radius 1 is 1.32 bits per heavy atom. The molecule has 0 bridgehead atoms. The lowest BCUT2D eigenvalue weighted by atomic mass is 9.96. The summed E-state index contributed by atoms with van der Waals surface area (Å²) in [7, 11) is 0. The molecule has 0 spiro atoms. The van der Waals surface area contributed by atoms with Gasteiger partial charge in [-0.05, 0) is 62.1 Å². The molecule has 22 heavy (non-hydrogen) atoms. The van der Waals surface area contributed by atoms with E-state index in [1.807, 2.05) is 18.5 Å². The number of allylic oxidation sites excluding steroid dienone is 1. The lowest BCUT2D eigenvalue weighted by Crippen LogP contribution is -2.13. The first-order valence-electron chi connectivity index (χ1n) is 8.12. The second kappa shape index (κ2) is 6.73. The number of pyridine rings is 1. The first kappa shape index (κ1) is 14.8. The van der Waals surface area contributed by atoms with Gasteiger partial charge in [0, 0.05) is 42.4 Å². The van der Waals surface area contributed by atoms with Crippen LogP contribution >= 0.6 is 0 Å². The Hall–Kier alpha value is -2.16. The van der Waals surface area contributed by atoms with Crippen molar-refractivity contribution in [3.63, 3.8) is 0 Å². The molecule has 0 fully saturated rings. The van der Waals surface area contributed by atoms with Gasteiger partial charge in [0.15, 0.2) is 0 Å². The predicted molar refractivity (Wildman–Crippen MR) is 92.3 cm³/mol. The Morgan fingerprint density at radius 3 is 3.00 bits per heavy atom. The van der Waals surface area contributed by atoms with Crippen molar-refractivity contribution in [3.8, 4) is 0 Å². The van der Waals surface area contributed by atoms with E-state index in [-0.39, 0.29) is 0 Å². The lowest BCUT2D eigenvalue weighted by molar-refractivity contribution is 0.530. The lowest BCUT2D eigenvalue weighted by Gasteiger charge is -2.18. The summed E-state index contributed by atoms with van der Waals surface area (Å²) in [5.74, 6) is 0. The molecule has 0 N–H and O–H groups in total. The van der Waals surface area contributed by atoms with Gasteiger partial charge < -0.3 is 4.57 Å². The third-order valence-electron chi connectivity index (χ3n) is 4.31. The summed E-state index contributed by atoms with van der Waals surface area (Å²) in [5.41, 5.74) is 4.82. The highest BCUT2D eigenvalue weighted by atomic mass is 15.0. The third-order valence-corrected chi connectivity index (χ3v) is 4.31. The molecule has 1 atom stereocenters. The summed E-state index contributed by atoms with van der Waals surface area (Å²) in [6, 6.07) is 8.91. The number of aromatic nitrogens is 2. The van der Waals surface area contributed by atoms with E-state index in [4.69, 9.17) is 4.99 Å². The van der Waals surface area contributed by atoms with Crippen molar-refractivity contribution in [3.05, 3.63) is 59.7 Å². The number of hydrogen-bond donors (Lipinski definition) is 0. The fourth-order valence-corrected chi connectivity index (χ4v) is 2.91. The zero-order chi connectivity index (χ0) is 15.4. The van der Waals surface area contributed by atoms with Gasteiger partial charge in [-0.25, -0.2) is 0 Å². The van der Waals surface area contributed by atoms with Crippen molar-refractivity contribution in [1.82, 2.24) is 9.55 Å². The van der Waals surface area contributed by atoms with Crippen LogP contribution in [0.1, 0.15) is 50.4 Å². The van der Waals surface area contributed by atoms with Crippen LogP contribution in [0.2, 0.25) is 0 Å². The fraction of sp³-hybridized carbons (Fsp3) is 0.368. The highest BCUT2D eigenvalue weighted by molar-refractivity contribution is 6.15. The van der Waals surface area contributed by atoms with E-state index >= 15 is 0 Å². The van der Waals surface area contributed by atoms with Gasteiger partial charge in [-0.15, -0.1) is 0 Å². The monoisotopic (exact) mass is 293 g/mol. The normalized spacial score (nSPS) is 18.3. The molecule has 1 aliphatic rings. The van der Waals surface area contributed by atoms with Crippen molar-refractivity contribution in [1.29, 1.82) is 0 Å². The molecule has 0 aliphatic carbocycles. The van der Waals surface area contributed by atoms with E-state index in [1.165, 1.54) is 11.3 Å². The maximum Gasteiger partial charge on any atom is 0.0694 e. The van der Waals surface area contributed by atoms with Crippen LogP contribution < -0.4 is 0 Å². The molecule has 0 radical (unpaired) electrons. The van der Waals surface area contributed by atoms with Crippen LogP contribution in [-0.4, -0.2) is 21.8 Å². The molecule has 2 aromatic heterocycles. The molecule has 1 unspecified atom stereocenters. The molecule has 0 amide bonds. The van der Waals surface area contributed by atoms with Gasteiger partial charge in [-0.1, -0.05) is 6.92 Å². The second-order valence-electron chi connectivity index (χ2n) is 5.84. The van der Waals surface area contributed by atoms with Crippen molar-refractivity contribution < 1.29 is 0 Å². The van der Waals surface area contributed by atoms with E-state index in [0.29, 0.717) is 6.04 Å². The largest absolute Gasteiger partial charge is 0.345 e. The standard InChI is InChI=1S/C19H23N3/c1-3-15(2)22-12-6-9-18(22)13-16-7-5-11-21-19(16)17-8-4-10-20-14-17/h4,6,8-10,12-15H,3,5,7,11H2,1-2H3/b16-13+.